The zero-order valence-electron chi connectivity index (χ0n) is 7.20. The van der Waals surface area contributed by atoms with E-state index in [9.17, 15) is 4.79 Å². The van der Waals surface area contributed by atoms with Crippen LogP contribution in [0, 0.1) is 6.92 Å². The molecule has 2 nitrogen and oxygen atoms in total. The first-order chi connectivity index (χ1) is 6.22. The lowest BCUT2D eigenvalue weighted by Crippen LogP contribution is -1.87. The monoisotopic (exact) mass is 191 g/mol. The van der Waals surface area contributed by atoms with E-state index in [1.165, 1.54) is 0 Å². The van der Waals surface area contributed by atoms with Crippen LogP contribution in [0.15, 0.2) is 17.5 Å². The fraction of sp³-hybridized carbons (Fsp3) is 0.100. The molecule has 0 aliphatic heterocycles. The number of carbonyl (C=O) groups excluding carboxylic acids is 1. The summed E-state index contributed by atoms with van der Waals surface area (Å²) in [6, 6.07) is 3.85. The first-order valence-corrected chi connectivity index (χ1v) is 4.83. The molecule has 0 aliphatic rings. The third-order valence-electron chi connectivity index (χ3n) is 2.12. The predicted molar refractivity (Wildman–Crippen MR) is 56.4 cm³/mol. The lowest BCUT2D eigenvalue weighted by molar-refractivity contribution is 0.112. The molecule has 0 atom stereocenters. The van der Waals surface area contributed by atoms with Gasteiger partial charge in [-0.15, -0.1) is 11.3 Å². The number of nitrogens with two attached hydrogens (primary N) is 1. The van der Waals surface area contributed by atoms with E-state index >= 15 is 0 Å². The van der Waals surface area contributed by atoms with Gasteiger partial charge in [-0.1, -0.05) is 0 Å². The topological polar surface area (TPSA) is 43.1 Å². The number of aryl methyl sites for hydroxylation is 1. The summed E-state index contributed by atoms with van der Waals surface area (Å²) in [4.78, 5) is 10.7. The third kappa shape index (κ3) is 1.21. The first kappa shape index (κ1) is 8.26. The van der Waals surface area contributed by atoms with Crippen molar-refractivity contribution in [3.8, 4) is 0 Å². The average Bonchev–Trinajstić information content (AvgIpc) is 2.46. The minimum atomic E-state index is 0.720. The van der Waals surface area contributed by atoms with Gasteiger partial charge < -0.3 is 5.73 Å². The second-order valence-corrected chi connectivity index (χ2v) is 3.93. The van der Waals surface area contributed by atoms with Gasteiger partial charge in [-0.2, -0.15) is 0 Å². The van der Waals surface area contributed by atoms with Crippen molar-refractivity contribution in [2.45, 2.75) is 6.92 Å². The SMILES string of the molecule is Cc1cc2scc(N)c2cc1C=O. The van der Waals surface area contributed by atoms with Gasteiger partial charge in [0, 0.05) is 21.0 Å². The molecule has 2 N–H and O–H groups in total. The van der Waals surface area contributed by atoms with Gasteiger partial charge in [-0.25, -0.2) is 0 Å². The number of thiophene rings is 1. The van der Waals surface area contributed by atoms with Gasteiger partial charge in [0.25, 0.3) is 0 Å². The van der Waals surface area contributed by atoms with Gasteiger partial charge in [-0.05, 0) is 24.6 Å². The summed E-state index contributed by atoms with van der Waals surface area (Å²) in [5.41, 5.74) is 8.22. The zero-order valence-corrected chi connectivity index (χ0v) is 8.02. The number of hydrogen-bond acceptors (Lipinski definition) is 3. The number of carbonyl (C=O) groups is 1. The van der Waals surface area contributed by atoms with Crippen LogP contribution in [0.4, 0.5) is 5.69 Å². The normalized spacial score (nSPS) is 10.5. The third-order valence-corrected chi connectivity index (χ3v) is 3.08. The maximum absolute atomic E-state index is 10.7. The van der Waals surface area contributed by atoms with Crippen molar-refractivity contribution in [3.63, 3.8) is 0 Å². The van der Waals surface area contributed by atoms with Crippen molar-refractivity contribution in [3.05, 3.63) is 28.6 Å². The standard InChI is InChI=1S/C10H9NOS/c1-6-2-10-8(3-7(6)4-12)9(11)5-13-10/h2-5H,11H2,1H3. The summed E-state index contributed by atoms with van der Waals surface area (Å²) in [5, 5.41) is 2.89. The maximum atomic E-state index is 10.7. The molecule has 0 amide bonds. The largest absolute Gasteiger partial charge is 0.398 e. The zero-order chi connectivity index (χ0) is 9.42. The van der Waals surface area contributed by atoms with Crippen molar-refractivity contribution in [2.24, 2.45) is 0 Å². The van der Waals surface area contributed by atoms with Gasteiger partial charge in [0.15, 0.2) is 0 Å². The highest BCUT2D eigenvalue weighted by Crippen LogP contribution is 2.29. The minimum absolute atomic E-state index is 0.720. The molecule has 0 spiro atoms. The van der Waals surface area contributed by atoms with E-state index in [0.717, 1.165) is 33.2 Å². The molecule has 0 fully saturated rings. The summed E-state index contributed by atoms with van der Waals surface area (Å²) in [7, 11) is 0. The molecule has 2 aromatic rings. The van der Waals surface area contributed by atoms with Crippen LogP contribution >= 0.6 is 11.3 Å². The van der Waals surface area contributed by atoms with E-state index in [0.29, 0.717) is 0 Å². The van der Waals surface area contributed by atoms with Crippen LogP contribution in [0.5, 0.6) is 0 Å². The van der Waals surface area contributed by atoms with Crippen molar-refractivity contribution >= 4 is 33.4 Å². The van der Waals surface area contributed by atoms with Gasteiger partial charge in [0.05, 0.1) is 5.69 Å². The Morgan fingerprint density at radius 2 is 2.23 bits per heavy atom. The first-order valence-electron chi connectivity index (χ1n) is 3.95. The van der Waals surface area contributed by atoms with Crippen LogP contribution < -0.4 is 5.73 Å². The van der Waals surface area contributed by atoms with Gasteiger partial charge in [0.2, 0.25) is 0 Å². The quantitative estimate of drug-likeness (QED) is 0.704. The van der Waals surface area contributed by atoms with E-state index in [1.807, 2.05) is 24.4 Å². The highest BCUT2D eigenvalue weighted by Gasteiger charge is 2.04. The summed E-state index contributed by atoms with van der Waals surface area (Å²) >= 11 is 1.61. The summed E-state index contributed by atoms with van der Waals surface area (Å²) in [6.07, 6.45) is 0.867. The van der Waals surface area contributed by atoms with E-state index in [1.54, 1.807) is 11.3 Å². The Morgan fingerprint density at radius 3 is 2.92 bits per heavy atom. The minimum Gasteiger partial charge on any atom is -0.398 e. The molecule has 0 saturated carbocycles. The van der Waals surface area contributed by atoms with Crippen LogP contribution in [0.1, 0.15) is 15.9 Å². The van der Waals surface area contributed by atoms with Crippen molar-refractivity contribution < 1.29 is 4.79 Å². The summed E-state index contributed by atoms with van der Waals surface area (Å²) in [6.45, 7) is 1.93. The number of benzene rings is 1. The molecule has 0 radical (unpaired) electrons. The molecule has 1 heterocycles. The number of aldehydes is 1. The van der Waals surface area contributed by atoms with Gasteiger partial charge in [0.1, 0.15) is 6.29 Å². The van der Waals surface area contributed by atoms with E-state index in [4.69, 9.17) is 5.73 Å². The number of hydrogen-bond donors (Lipinski definition) is 1. The average molecular weight is 191 g/mol. The Labute approximate surface area is 80.0 Å². The lowest BCUT2D eigenvalue weighted by Gasteiger charge is -1.98. The smallest absolute Gasteiger partial charge is 0.150 e. The molecule has 66 valence electrons. The molecule has 0 unspecified atom stereocenters. The van der Waals surface area contributed by atoms with Crippen LogP contribution in [-0.4, -0.2) is 6.29 Å². The van der Waals surface area contributed by atoms with Gasteiger partial charge >= 0.3 is 0 Å². The van der Waals surface area contributed by atoms with E-state index in [-0.39, 0.29) is 0 Å². The number of anilines is 1. The van der Waals surface area contributed by atoms with Crippen LogP contribution in [0.2, 0.25) is 0 Å². The summed E-state index contributed by atoms with van der Waals surface area (Å²) < 4.78 is 1.14. The fourth-order valence-corrected chi connectivity index (χ4v) is 2.27. The Balaban J connectivity index is 2.84. The predicted octanol–water partition coefficient (Wildman–Crippen LogP) is 2.60. The highest BCUT2D eigenvalue weighted by atomic mass is 32.1. The fourth-order valence-electron chi connectivity index (χ4n) is 1.34. The molecule has 13 heavy (non-hydrogen) atoms. The molecule has 3 heteroatoms. The van der Waals surface area contributed by atoms with Gasteiger partial charge in [-0.3, -0.25) is 4.79 Å². The second kappa shape index (κ2) is 2.85. The molecule has 1 aromatic carbocycles. The highest BCUT2D eigenvalue weighted by molar-refractivity contribution is 7.17. The maximum Gasteiger partial charge on any atom is 0.150 e. The molecular formula is C10H9NOS. The number of nitrogen functional groups attached to an aromatic ring is 1. The Morgan fingerprint density at radius 1 is 1.46 bits per heavy atom. The Kier molecular flexibility index (Phi) is 1.81. The van der Waals surface area contributed by atoms with Crippen LogP contribution in [0.25, 0.3) is 10.1 Å². The Hall–Kier alpha value is -1.35. The van der Waals surface area contributed by atoms with Crippen molar-refractivity contribution in [2.75, 3.05) is 5.73 Å². The second-order valence-electron chi connectivity index (χ2n) is 3.01. The molecular weight excluding hydrogens is 182 g/mol. The Bertz CT molecular complexity index is 473. The molecule has 0 saturated heterocycles. The van der Waals surface area contributed by atoms with E-state index < -0.39 is 0 Å². The molecule has 0 bridgehead atoms. The van der Waals surface area contributed by atoms with Crippen LogP contribution in [-0.2, 0) is 0 Å². The molecule has 0 aliphatic carbocycles. The molecule has 1 aromatic heterocycles. The van der Waals surface area contributed by atoms with Crippen LogP contribution in [0.3, 0.4) is 0 Å². The number of fused-ring (bicyclic) bond motifs is 1. The number of rotatable bonds is 1. The summed E-state index contributed by atoms with van der Waals surface area (Å²) in [5.74, 6) is 0. The van der Waals surface area contributed by atoms with Crippen molar-refractivity contribution in [1.82, 2.24) is 0 Å². The van der Waals surface area contributed by atoms with E-state index in [2.05, 4.69) is 0 Å². The van der Waals surface area contributed by atoms with Crippen molar-refractivity contribution in [1.29, 1.82) is 0 Å². The molecule has 2 rings (SSSR count). The lowest BCUT2D eigenvalue weighted by atomic mass is 10.1.